The van der Waals surface area contributed by atoms with Gasteiger partial charge in [-0.1, -0.05) is 11.6 Å². The molecule has 4 nitrogen and oxygen atoms in total. The van der Waals surface area contributed by atoms with Gasteiger partial charge in [0.15, 0.2) is 16.6 Å². The van der Waals surface area contributed by atoms with E-state index in [0.29, 0.717) is 17.9 Å². The molecule has 0 aromatic carbocycles. The van der Waals surface area contributed by atoms with Gasteiger partial charge in [0.1, 0.15) is 0 Å². The molecular weight excluding hydrogens is 295 g/mol. The second-order valence-electron chi connectivity index (χ2n) is 3.96. The van der Waals surface area contributed by atoms with Gasteiger partial charge in [0.2, 0.25) is 0 Å². The number of ether oxygens (including phenoxy) is 1. The normalized spacial score (nSPS) is 11.7. The zero-order valence-electron chi connectivity index (χ0n) is 10.5. The highest BCUT2D eigenvalue weighted by Gasteiger charge is 2.33. The van der Waals surface area contributed by atoms with Gasteiger partial charge >= 0.3 is 6.18 Å². The minimum absolute atomic E-state index is 0.153. The second-order valence-corrected chi connectivity index (χ2v) is 4.32. The lowest BCUT2D eigenvalue weighted by molar-refractivity contribution is -0.141. The molecule has 0 saturated heterocycles. The predicted octanol–water partition coefficient (Wildman–Crippen LogP) is 3.40. The summed E-state index contributed by atoms with van der Waals surface area (Å²) in [4.78, 5) is 3.93. The third kappa shape index (κ3) is 3.41. The smallest absolute Gasteiger partial charge is 0.435 e. The van der Waals surface area contributed by atoms with Gasteiger partial charge in [-0.05, 0) is 24.6 Å². The lowest BCUT2D eigenvalue weighted by atomic mass is 10.3. The van der Waals surface area contributed by atoms with E-state index in [2.05, 4.69) is 10.1 Å². The molecule has 0 spiro atoms. The van der Waals surface area contributed by atoms with Crippen molar-refractivity contribution in [1.29, 1.82) is 0 Å². The molecule has 8 heteroatoms. The number of hydrogen-bond acceptors (Lipinski definition) is 3. The molecule has 2 rings (SSSR count). The number of pyridine rings is 1. The number of rotatable bonds is 4. The Kier molecular flexibility index (Phi) is 4.17. The van der Waals surface area contributed by atoms with Gasteiger partial charge < -0.3 is 4.74 Å². The number of halogens is 4. The van der Waals surface area contributed by atoms with Crippen molar-refractivity contribution in [2.24, 2.45) is 0 Å². The van der Waals surface area contributed by atoms with E-state index in [9.17, 15) is 13.2 Å². The van der Waals surface area contributed by atoms with Crippen molar-refractivity contribution in [3.8, 4) is 5.75 Å². The maximum Gasteiger partial charge on any atom is 0.435 e. The van der Waals surface area contributed by atoms with Crippen LogP contribution in [0.5, 0.6) is 5.75 Å². The van der Waals surface area contributed by atoms with Gasteiger partial charge in [-0.2, -0.15) is 18.3 Å². The molecule has 0 unspecified atom stereocenters. The summed E-state index contributed by atoms with van der Waals surface area (Å²) in [7, 11) is 0. The summed E-state index contributed by atoms with van der Waals surface area (Å²) in [5.74, 6) is 0.398. The SMILES string of the molecule is CCOc1cc(Cn2ccc(C(F)(F)F)n2)cnc1Cl. The van der Waals surface area contributed by atoms with Crippen LogP contribution in [0.4, 0.5) is 13.2 Å². The zero-order valence-corrected chi connectivity index (χ0v) is 11.2. The zero-order chi connectivity index (χ0) is 14.8. The molecule has 0 N–H and O–H groups in total. The molecule has 20 heavy (non-hydrogen) atoms. The quantitative estimate of drug-likeness (QED) is 0.813. The van der Waals surface area contributed by atoms with E-state index in [-0.39, 0.29) is 11.7 Å². The van der Waals surface area contributed by atoms with Crippen LogP contribution in [0, 0.1) is 0 Å². The highest BCUT2D eigenvalue weighted by atomic mass is 35.5. The summed E-state index contributed by atoms with van der Waals surface area (Å²) < 4.78 is 43.7. The highest BCUT2D eigenvalue weighted by molar-refractivity contribution is 6.30. The molecule has 0 aliphatic heterocycles. The van der Waals surface area contributed by atoms with Crippen molar-refractivity contribution in [2.75, 3.05) is 6.61 Å². The van der Waals surface area contributed by atoms with Crippen LogP contribution in [0.2, 0.25) is 5.15 Å². The highest BCUT2D eigenvalue weighted by Crippen LogP contribution is 2.27. The van der Waals surface area contributed by atoms with Gasteiger partial charge in [0.25, 0.3) is 0 Å². The van der Waals surface area contributed by atoms with Crippen LogP contribution >= 0.6 is 11.6 Å². The molecule has 0 atom stereocenters. The molecule has 0 aliphatic rings. The monoisotopic (exact) mass is 305 g/mol. The van der Waals surface area contributed by atoms with E-state index in [1.807, 2.05) is 0 Å². The Morgan fingerprint density at radius 1 is 1.40 bits per heavy atom. The molecule has 0 amide bonds. The predicted molar refractivity (Wildman–Crippen MR) is 66.7 cm³/mol. The van der Waals surface area contributed by atoms with Crippen LogP contribution in [0.25, 0.3) is 0 Å². The maximum atomic E-state index is 12.4. The Labute approximate surface area is 118 Å². The summed E-state index contributed by atoms with van der Waals surface area (Å²) in [6.45, 7) is 2.37. The molecule has 2 aromatic heterocycles. The third-order valence-corrected chi connectivity index (χ3v) is 2.72. The summed E-state index contributed by atoms with van der Waals surface area (Å²) >= 11 is 5.83. The Hall–Kier alpha value is -1.76. The topological polar surface area (TPSA) is 39.9 Å². The lowest BCUT2D eigenvalue weighted by Gasteiger charge is -2.08. The summed E-state index contributed by atoms with van der Waals surface area (Å²) in [5.41, 5.74) is -0.279. The lowest BCUT2D eigenvalue weighted by Crippen LogP contribution is -2.08. The first-order valence-corrected chi connectivity index (χ1v) is 6.16. The number of alkyl halides is 3. The Morgan fingerprint density at radius 2 is 2.15 bits per heavy atom. The number of aromatic nitrogens is 3. The first-order valence-electron chi connectivity index (χ1n) is 5.78. The summed E-state index contributed by atoms with van der Waals surface area (Å²) in [6, 6.07) is 2.56. The van der Waals surface area contributed by atoms with Crippen LogP contribution in [0.15, 0.2) is 24.5 Å². The number of hydrogen-bond donors (Lipinski definition) is 0. The molecule has 0 fully saturated rings. The minimum atomic E-state index is -4.44. The standard InChI is InChI=1S/C12H11ClF3N3O/c1-2-20-9-5-8(6-17-11(9)13)7-19-4-3-10(18-19)12(14,15)16/h3-6H,2,7H2,1H3. The molecule has 2 heterocycles. The molecule has 0 bridgehead atoms. The van der Waals surface area contributed by atoms with Crippen molar-refractivity contribution in [3.05, 3.63) is 40.9 Å². The maximum absolute atomic E-state index is 12.4. The summed E-state index contributed by atoms with van der Waals surface area (Å²) in [5, 5.41) is 3.68. The first-order chi connectivity index (χ1) is 9.40. The van der Waals surface area contributed by atoms with E-state index in [4.69, 9.17) is 16.3 Å². The van der Waals surface area contributed by atoms with Crippen LogP contribution in [-0.4, -0.2) is 21.4 Å². The van der Waals surface area contributed by atoms with Gasteiger partial charge in [-0.3, -0.25) is 4.68 Å². The Bertz CT molecular complexity index is 598. The van der Waals surface area contributed by atoms with E-state index in [1.54, 1.807) is 13.0 Å². The van der Waals surface area contributed by atoms with Crippen molar-refractivity contribution in [1.82, 2.24) is 14.8 Å². The third-order valence-electron chi connectivity index (χ3n) is 2.44. The van der Waals surface area contributed by atoms with E-state index >= 15 is 0 Å². The van der Waals surface area contributed by atoms with Gasteiger partial charge in [-0.25, -0.2) is 4.98 Å². The van der Waals surface area contributed by atoms with E-state index in [1.165, 1.54) is 17.1 Å². The van der Waals surface area contributed by atoms with Gasteiger partial charge in [-0.15, -0.1) is 0 Å². The average molecular weight is 306 g/mol. The fraction of sp³-hybridized carbons (Fsp3) is 0.333. The molecule has 0 saturated carbocycles. The van der Waals surface area contributed by atoms with Crippen molar-refractivity contribution in [3.63, 3.8) is 0 Å². The molecule has 2 aromatic rings. The van der Waals surface area contributed by atoms with Crippen molar-refractivity contribution in [2.45, 2.75) is 19.6 Å². The van der Waals surface area contributed by atoms with Crippen LogP contribution < -0.4 is 4.74 Å². The van der Waals surface area contributed by atoms with Gasteiger partial charge in [0, 0.05) is 12.4 Å². The van der Waals surface area contributed by atoms with Gasteiger partial charge in [0.05, 0.1) is 13.2 Å². The summed E-state index contributed by atoms with van der Waals surface area (Å²) in [6.07, 6.45) is -1.71. The van der Waals surface area contributed by atoms with Crippen molar-refractivity contribution >= 4 is 11.6 Å². The van der Waals surface area contributed by atoms with Crippen molar-refractivity contribution < 1.29 is 17.9 Å². The van der Waals surface area contributed by atoms with Crippen LogP contribution in [0.1, 0.15) is 18.2 Å². The average Bonchev–Trinajstić information content (AvgIpc) is 2.82. The second kappa shape index (κ2) is 5.70. The molecule has 0 radical (unpaired) electrons. The van der Waals surface area contributed by atoms with E-state index < -0.39 is 11.9 Å². The van der Waals surface area contributed by atoms with Crippen LogP contribution in [-0.2, 0) is 12.7 Å². The largest absolute Gasteiger partial charge is 0.491 e. The Balaban J connectivity index is 2.18. The Morgan fingerprint density at radius 3 is 2.75 bits per heavy atom. The molecule has 108 valence electrons. The molecule has 0 aliphatic carbocycles. The first kappa shape index (κ1) is 14.6. The number of nitrogens with zero attached hydrogens (tertiary/aromatic N) is 3. The minimum Gasteiger partial charge on any atom is -0.491 e. The fourth-order valence-corrected chi connectivity index (χ4v) is 1.76. The van der Waals surface area contributed by atoms with Crippen LogP contribution in [0.3, 0.4) is 0 Å². The fourth-order valence-electron chi connectivity index (χ4n) is 1.60. The van der Waals surface area contributed by atoms with E-state index in [0.717, 1.165) is 6.07 Å². The molecular formula is C12H11ClF3N3O.